The lowest BCUT2D eigenvalue weighted by molar-refractivity contribution is -0.136. The summed E-state index contributed by atoms with van der Waals surface area (Å²) in [5, 5.41) is 11.3. The number of rotatable bonds is 13. The van der Waals surface area contributed by atoms with E-state index in [1.807, 2.05) is 48.5 Å². The van der Waals surface area contributed by atoms with Crippen molar-refractivity contribution in [3.8, 4) is 11.5 Å². The van der Waals surface area contributed by atoms with E-state index in [2.05, 4.69) is 63.3 Å². The van der Waals surface area contributed by atoms with Gasteiger partial charge in [-0.05, 0) is 109 Å². The number of allylic oxidation sites excluding steroid dienone is 1. The molecule has 4 aliphatic rings. The van der Waals surface area contributed by atoms with Gasteiger partial charge in [0, 0.05) is 50.9 Å². The fourth-order valence-electron chi connectivity index (χ4n) is 8.96. The van der Waals surface area contributed by atoms with Gasteiger partial charge in [0.05, 0.1) is 11.1 Å². The van der Waals surface area contributed by atoms with Crippen LogP contribution in [0.3, 0.4) is 0 Å². The molecule has 0 bridgehead atoms. The third-order valence-electron chi connectivity index (χ3n) is 12.1. The minimum atomic E-state index is -0.967. The number of nitrogens with one attached hydrogen (secondary N) is 1. The zero-order valence-corrected chi connectivity index (χ0v) is 33.3. The number of carbonyl (C=O) groups excluding carboxylic acids is 4. The van der Waals surface area contributed by atoms with E-state index in [9.17, 15) is 19.2 Å². The average molecular weight is 795 g/mol. The Morgan fingerprint density at radius 1 is 0.746 bits per heavy atom. The number of ether oxygens (including phenoxy) is 1. The van der Waals surface area contributed by atoms with Crippen LogP contribution < -0.4 is 19.6 Å². The van der Waals surface area contributed by atoms with Gasteiger partial charge in [-0.2, -0.15) is 0 Å². The zero-order valence-electron chi connectivity index (χ0n) is 33.3. The Morgan fingerprint density at radius 2 is 1.41 bits per heavy atom. The van der Waals surface area contributed by atoms with Gasteiger partial charge in [0.25, 0.3) is 11.8 Å². The molecule has 4 aromatic rings. The van der Waals surface area contributed by atoms with E-state index in [1.54, 1.807) is 12.1 Å². The van der Waals surface area contributed by atoms with Crippen molar-refractivity contribution in [3.05, 3.63) is 125 Å². The van der Waals surface area contributed by atoms with Crippen molar-refractivity contribution in [2.45, 2.75) is 51.1 Å². The van der Waals surface area contributed by atoms with E-state index in [0.717, 1.165) is 98.1 Å². The SMILES string of the molecule is CC/C(=C(\c1ccc(O[B]O)cc1)c1ccc(OCCN2CCC(N3CCN(c4ccc5c(c4)C(=O)N(C4CCC(=O)NC4=O)C5=O)CC3)CC2)cc1)c1ccccc1. The van der Waals surface area contributed by atoms with Crippen LogP contribution in [0.5, 0.6) is 11.5 Å². The maximum atomic E-state index is 13.4. The number of piperidine rings is 2. The lowest BCUT2D eigenvalue weighted by Gasteiger charge is -2.43. The Bertz CT molecular complexity index is 2200. The topological polar surface area (TPSA) is 132 Å². The smallest absolute Gasteiger partial charge is 0.537 e. The highest BCUT2D eigenvalue weighted by Crippen LogP contribution is 2.36. The van der Waals surface area contributed by atoms with Crippen molar-refractivity contribution in [2.24, 2.45) is 0 Å². The molecule has 4 amide bonds. The van der Waals surface area contributed by atoms with Crippen molar-refractivity contribution >= 4 is 48.1 Å². The van der Waals surface area contributed by atoms with Gasteiger partial charge < -0.3 is 19.3 Å². The van der Waals surface area contributed by atoms with Crippen molar-refractivity contribution in [3.63, 3.8) is 0 Å². The normalized spacial score (nSPS) is 19.7. The monoisotopic (exact) mass is 794 g/mol. The second-order valence-corrected chi connectivity index (χ2v) is 15.5. The molecule has 1 radical (unpaired) electrons. The standard InChI is InChI=1S/C46H49BN5O7/c1-2-38(31-6-4-3-5-7-31)43(33-10-15-37(16-11-33)59-47-57)32-8-13-36(14-9-32)58-29-28-49-22-20-34(21-23-49)50-24-26-51(27-25-50)35-12-17-39-40(30-35)46(56)52(45(39)55)41-18-19-42(53)48-44(41)54/h3-17,30,34,41,57H,2,18-29H2,1H3,(H,48,53,54)/b43-38+. The van der Waals surface area contributed by atoms with Gasteiger partial charge in [-0.15, -0.1) is 0 Å². The third kappa shape index (κ3) is 8.68. The molecule has 3 saturated heterocycles. The van der Waals surface area contributed by atoms with Crippen molar-refractivity contribution < 1.29 is 33.6 Å². The van der Waals surface area contributed by atoms with Crippen molar-refractivity contribution in [2.75, 3.05) is 57.3 Å². The quantitative estimate of drug-likeness (QED) is 0.108. The summed E-state index contributed by atoms with van der Waals surface area (Å²) >= 11 is 0. The average Bonchev–Trinajstić information content (AvgIpc) is 3.52. The van der Waals surface area contributed by atoms with Gasteiger partial charge in [0.15, 0.2) is 0 Å². The van der Waals surface area contributed by atoms with Crippen LogP contribution in [-0.2, 0) is 9.59 Å². The Labute approximate surface area is 345 Å². The van der Waals surface area contributed by atoms with Crippen LogP contribution >= 0.6 is 0 Å². The minimum Gasteiger partial charge on any atom is -0.537 e. The summed E-state index contributed by atoms with van der Waals surface area (Å²) in [5.41, 5.74) is 7.24. The Balaban J connectivity index is 0.813. The van der Waals surface area contributed by atoms with Crippen LogP contribution in [0.2, 0.25) is 0 Å². The van der Waals surface area contributed by atoms with E-state index in [0.29, 0.717) is 37.2 Å². The minimum absolute atomic E-state index is 0.0971. The first-order chi connectivity index (χ1) is 28.8. The van der Waals surface area contributed by atoms with Gasteiger partial charge in [0.1, 0.15) is 24.1 Å². The first-order valence-corrected chi connectivity index (χ1v) is 20.6. The molecular weight excluding hydrogens is 745 g/mol. The first kappa shape index (κ1) is 40.0. The number of hydrogen-bond donors (Lipinski definition) is 2. The zero-order chi connectivity index (χ0) is 40.9. The second-order valence-electron chi connectivity index (χ2n) is 15.5. The number of fused-ring (bicyclic) bond motifs is 1. The Morgan fingerprint density at radius 3 is 2.05 bits per heavy atom. The Kier molecular flexibility index (Phi) is 12.2. The maximum absolute atomic E-state index is 13.4. The number of likely N-dealkylation sites (tertiary alicyclic amines) is 1. The van der Waals surface area contributed by atoms with Gasteiger partial charge in [-0.25, -0.2) is 0 Å². The van der Waals surface area contributed by atoms with E-state index >= 15 is 0 Å². The molecule has 1 atom stereocenters. The second kappa shape index (κ2) is 18.0. The van der Waals surface area contributed by atoms with Crippen LogP contribution in [0.1, 0.15) is 76.4 Å². The van der Waals surface area contributed by atoms with E-state index in [4.69, 9.17) is 14.4 Å². The number of benzene rings is 4. The van der Waals surface area contributed by atoms with Gasteiger partial charge in [-0.3, -0.25) is 39.2 Å². The van der Waals surface area contributed by atoms with E-state index in [1.165, 1.54) is 11.1 Å². The predicted molar refractivity (Wildman–Crippen MR) is 226 cm³/mol. The van der Waals surface area contributed by atoms with Gasteiger partial charge in [-0.1, -0.05) is 61.5 Å². The number of piperazine rings is 1. The molecule has 12 nitrogen and oxygen atoms in total. The highest BCUT2D eigenvalue weighted by Gasteiger charge is 2.45. The molecule has 4 aliphatic heterocycles. The molecule has 13 heteroatoms. The highest BCUT2D eigenvalue weighted by molar-refractivity contribution is 6.23. The van der Waals surface area contributed by atoms with Crippen molar-refractivity contribution in [1.29, 1.82) is 0 Å². The fourth-order valence-corrected chi connectivity index (χ4v) is 8.96. The largest absolute Gasteiger partial charge is 0.569 e. The van der Waals surface area contributed by atoms with E-state index in [-0.39, 0.29) is 18.7 Å². The molecule has 0 spiro atoms. The maximum Gasteiger partial charge on any atom is 0.569 e. The number of imide groups is 2. The number of anilines is 1. The van der Waals surface area contributed by atoms with Crippen LogP contribution in [0, 0.1) is 0 Å². The highest BCUT2D eigenvalue weighted by atomic mass is 16.5. The first-order valence-electron chi connectivity index (χ1n) is 20.6. The van der Waals surface area contributed by atoms with Crippen LogP contribution in [0.15, 0.2) is 97.1 Å². The summed E-state index contributed by atoms with van der Waals surface area (Å²) in [6, 6.07) is 31.5. The van der Waals surface area contributed by atoms with Crippen LogP contribution in [0.4, 0.5) is 5.69 Å². The summed E-state index contributed by atoms with van der Waals surface area (Å²) < 4.78 is 11.4. The molecule has 4 aromatic carbocycles. The summed E-state index contributed by atoms with van der Waals surface area (Å²) in [6.45, 7) is 9.16. The predicted octanol–water partition coefficient (Wildman–Crippen LogP) is 5.03. The van der Waals surface area contributed by atoms with Crippen LogP contribution in [-0.4, -0.2) is 116 Å². The van der Waals surface area contributed by atoms with Gasteiger partial charge >= 0.3 is 7.69 Å². The molecule has 0 aromatic heterocycles. The Hall–Kier alpha value is -5.76. The molecule has 0 saturated carbocycles. The molecule has 1 unspecified atom stereocenters. The lowest BCUT2D eigenvalue weighted by atomic mass is 9.88. The van der Waals surface area contributed by atoms with Crippen molar-refractivity contribution in [1.82, 2.24) is 20.0 Å². The fraction of sp³-hybridized carbons (Fsp3) is 0.348. The number of carbonyl (C=O) groups is 4. The number of amides is 4. The molecule has 0 aliphatic carbocycles. The summed E-state index contributed by atoms with van der Waals surface area (Å²) in [6.07, 6.45) is 3.29. The lowest BCUT2D eigenvalue weighted by Crippen LogP contribution is -2.54. The summed E-state index contributed by atoms with van der Waals surface area (Å²) in [4.78, 5) is 58.9. The molecule has 8 rings (SSSR count). The van der Waals surface area contributed by atoms with Gasteiger partial charge in [0.2, 0.25) is 11.8 Å². The molecule has 4 heterocycles. The van der Waals surface area contributed by atoms with E-state index < -0.39 is 23.8 Å². The molecule has 303 valence electrons. The summed E-state index contributed by atoms with van der Waals surface area (Å²) in [7, 11) is 0.692. The molecule has 2 N–H and O–H groups in total. The molecule has 59 heavy (non-hydrogen) atoms. The third-order valence-corrected chi connectivity index (χ3v) is 12.1. The molecule has 3 fully saturated rings. The number of hydrogen-bond acceptors (Lipinski definition) is 10. The summed E-state index contributed by atoms with van der Waals surface area (Å²) in [5.74, 6) is -0.539. The number of nitrogens with zero attached hydrogens (tertiary/aromatic N) is 4. The van der Waals surface area contributed by atoms with Crippen LogP contribution in [0.25, 0.3) is 11.1 Å². The molecular formula is C46H49BN5O7.